The van der Waals surface area contributed by atoms with Crippen LogP contribution in [0.4, 0.5) is 0 Å². The van der Waals surface area contributed by atoms with E-state index in [-0.39, 0.29) is 0 Å². The Morgan fingerprint density at radius 1 is 1.21 bits per heavy atom. The van der Waals surface area contributed by atoms with Gasteiger partial charge in [-0.25, -0.2) is 0 Å². The summed E-state index contributed by atoms with van der Waals surface area (Å²) in [5, 5.41) is 6.86. The van der Waals surface area contributed by atoms with Crippen molar-refractivity contribution in [1.29, 1.82) is 0 Å². The highest BCUT2D eigenvalue weighted by Crippen LogP contribution is 2.23. The Labute approximate surface area is 117 Å². The summed E-state index contributed by atoms with van der Waals surface area (Å²) in [5.41, 5.74) is 0.962. The summed E-state index contributed by atoms with van der Waals surface area (Å²) in [6.07, 6.45) is 1.08. The Morgan fingerprint density at radius 2 is 2.11 bits per heavy atom. The highest BCUT2D eigenvalue weighted by molar-refractivity contribution is 7.10. The number of fused-ring (bicyclic) bond motifs is 1. The maximum Gasteiger partial charge on any atom is 0.134 e. The number of para-hydroxylation sites is 1. The fraction of sp³-hybridized carbons (Fsp3) is 0.250. The summed E-state index contributed by atoms with van der Waals surface area (Å²) in [5.74, 6) is 0.996. The van der Waals surface area contributed by atoms with E-state index in [2.05, 4.69) is 41.9 Å². The van der Waals surface area contributed by atoms with Crippen LogP contribution in [-0.2, 0) is 6.54 Å². The number of nitrogens with one attached hydrogen (secondary N) is 1. The Kier molecular flexibility index (Phi) is 3.67. The molecule has 0 bridgehead atoms. The van der Waals surface area contributed by atoms with E-state index in [1.807, 2.05) is 18.2 Å². The van der Waals surface area contributed by atoms with Crippen LogP contribution >= 0.6 is 11.3 Å². The van der Waals surface area contributed by atoms with Gasteiger partial charge in [0.15, 0.2) is 0 Å². The fourth-order valence-corrected chi connectivity index (χ4v) is 3.17. The van der Waals surface area contributed by atoms with Gasteiger partial charge in [-0.1, -0.05) is 31.2 Å². The average Bonchev–Trinajstić information content (AvgIpc) is 3.08. The molecule has 0 saturated heterocycles. The predicted molar refractivity (Wildman–Crippen MR) is 80.4 cm³/mol. The van der Waals surface area contributed by atoms with E-state index in [9.17, 15) is 0 Å². The Hall–Kier alpha value is -1.58. The number of benzene rings is 1. The van der Waals surface area contributed by atoms with E-state index in [4.69, 9.17) is 4.42 Å². The van der Waals surface area contributed by atoms with Crippen molar-refractivity contribution < 1.29 is 4.42 Å². The number of furan rings is 1. The van der Waals surface area contributed by atoms with Crippen LogP contribution in [0.5, 0.6) is 0 Å². The molecule has 2 heterocycles. The molecule has 2 nitrogen and oxygen atoms in total. The summed E-state index contributed by atoms with van der Waals surface area (Å²) < 4.78 is 5.82. The molecule has 0 amide bonds. The van der Waals surface area contributed by atoms with Crippen LogP contribution in [0.15, 0.2) is 52.3 Å². The zero-order valence-corrected chi connectivity index (χ0v) is 11.7. The van der Waals surface area contributed by atoms with E-state index in [1.54, 1.807) is 11.3 Å². The molecular formula is C16H17NOS. The van der Waals surface area contributed by atoms with Crippen molar-refractivity contribution in [3.8, 4) is 0 Å². The molecule has 98 valence electrons. The van der Waals surface area contributed by atoms with Crippen LogP contribution in [0.3, 0.4) is 0 Å². The molecule has 0 aliphatic heterocycles. The molecule has 3 aromatic rings. The second-order valence-electron chi connectivity index (χ2n) is 4.61. The largest absolute Gasteiger partial charge is 0.460 e. The van der Waals surface area contributed by atoms with E-state index < -0.39 is 0 Å². The maximum absolute atomic E-state index is 5.82. The Morgan fingerprint density at radius 3 is 2.84 bits per heavy atom. The highest BCUT2D eigenvalue weighted by Gasteiger charge is 2.11. The highest BCUT2D eigenvalue weighted by atomic mass is 32.1. The van der Waals surface area contributed by atoms with Gasteiger partial charge in [0.1, 0.15) is 11.3 Å². The van der Waals surface area contributed by atoms with Crippen LogP contribution in [0.25, 0.3) is 11.0 Å². The third kappa shape index (κ3) is 2.72. The Bertz CT molecular complexity index is 609. The van der Waals surface area contributed by atoms with Gasteiger partial charge in [-0.3, -0.25) is 0 Å². The molecule has 0 fully saturated rings. The first kappa shape index (κ1) is 12.5. The first-order chi connectivity index (χ1) is 9.36. The molecule has 1 unspecified atom stereocenters. The van der Waals surface area contributed by atoms with Gasteiger partial charge in [0, 0.05) is 16.3 Å². The van der Waals surface area contributed by atoms with Crippen LogP contribution in [0.2, 0.25) is 0 Å². The lowest BCUT2D eigenvalue weighted by atomic mass is 10.2. The van der Waals surface area contributed by atoms with Crippen molar-refractivity contribution >= 4 is 22.3 Å². The molecule has 1 aromatic carbocycles. The third-order valence-electron chi connectivity index (χ3n) is 3.29. The molecule has 0 spiro atoms. The van der Waals surface area contributed by atoms with Crippen molar-refractivity contribution in [3.63, 3.8) is 0 Å². The summed E-state index contributed by atoms with van der Waals surface area (Å²) in [6.45, 7) is 2.97. The molecular weight excluding hydrogens is 254 g/mol. The lowest BCUT2D eigenvalue weighted by molar-refractivity contribution is 0.463. The number of thiophene rings is 1. The zero-order chi connectivity index (χ0) is 13.1. The predicted octanol–water partition coefficient (Wildman–Crippen LogP) is 4.74. The molecule has 1 atom stereocenters. The van der Waals surface area contributed by atoms with E-state index in [1.165, 1.54) is 10.3 Å². The average molecular weight is 271 g/mol. The normalized spacial score (nSPS) is 12.9. The summed E-state index contributed by atoms with van der Waals surface area (Å²) in [4.78, 5) is 1.39. The van der Waals surface area contributed by atoms with E-state index >= 15 is 0 Å². The Balaban J connectivity index is 1.71. The van der Waals surface area contributed by atoms with Gasteiger partial charge >= 0.3 is 0 Å². The fourth-order valence-electron chi connectivity index (χ4n) is 2.28. The van der Waals surface area contributed by atoms with Gasteiger partial charge < -0.3 is 9.73 Å². The van der Waals surface area contributed by atoms with Crippen molar-refractivity contribution in [2.75, 3.05) is 0 Å². The second kappa shape index (κ2) is 5.59. The number of hydrogen-bond acceptors (Lipinski definition) is 3. The van der Waals surface area contributed by atoms with Crippen LogP contribution < -0.4 is 5.32 Å². The van der Waals surface area contributed by atoms with Gasteiger partial charge in [0.2, 0.25) is 0 Å². The summed E-state index contributed by atoms with van der Waals surface area (Å²) >= 11 is 1.80. The minimum atomic E-state index is 0.410. The lowest BCUT2D eigenvalue weighted by Gasteiger charge is -2.14. The quantitative estimate of drug-likeness (QED) is 0.725. The monoisotopic (exact) mass is 271 g/mol. The zero-order valence-electron chi connectivity index (χ0n) is 10.9. The van der Waals surface area contributed by atoms with Crippen molar-refractivity contribution in [2.24, 2.45) is 0 Å². The molecule has 1 N–H and O–H groups in total. The van der Waals surface area contributed by atoms with Gasteiger partial charge in [0.05, 0.1) is 6.54 Å². The molecule has 0 aliphatic carbocycles. The molecule has 0 aliphatic rings. The number of rotatable bonds is 5. The third-order valence-corrected chi connectivity index (χ3v) is 4.28. The number of hydrogen-bond donors (Lipinski definition) is 1. The molecule has 0 saturated carbocycles. The van der Waals surface area contributed by atoms with Crippen molar-refractivity contribution in [3.05, 3.63) is 58.5 Å². The molecule has 0 radical (unpaired) electrons. The first-order valence-electron chi connectivity index (χ1n) is 6.61. The second-order valence-corrected chi connectivity index (χ2v) is 5.59. The van der Waals surface area contributed by atoms with Crippen LogP contribution in [0.1, 0.15) is 30.0 Å². The van der Waals surface area contributed by atoms with E-state index in [0.717, 1.165) is 24.3 Å². The van der Waals surface area contributed by atoms with Crippen LogP contribution in [0, 0.1) is 0 Å². The topological polar surface area (TPSA) is 25.2 Å². The molecule has 3 rings (SSSR count). The maximum atomic E-state index is 5.82. The standard InChI is InChI=1S/C16H17NOS/c1-2-14(16-8-5-9-19-16)17-11-13-10-12-6-3-4-7-15(12)18-13/h3-10,14,17H,2,11H2,1H3. The SMILES string of the molecule is CCC(NCc1cc2ccccc2o1)c1cccs1. The molecule has 3 heteroatoms. The first-order valence-corrected chi connectivity index (χ1v) is 7.49. The summed E-state index contributed by atoms with van der Waals surface area (Å²) in [6, 6.07) is 14.9. The van der Waals surface area contributed by atoms with Gasteiger partial charge in [-0.15, -0.1) is 11.3 Å². The molecule has 2 aromatic heterocycles. The lowest BCUT2D eigenvalue weighted by Crippen LogP contribution is -2.18. The van der Waals surface area contributed by atoms with Crippen molar-refractivity contribution in [2.45, 2.75) is 25.9 Å². The van der Waals surface area contributed by atoms with Crippen molar-refractivity contribution in [1.82, 2.24) is 5.32 Å². The smallest absolute Gasteiger partial charge is 0.134 e. The van der Waals surface area contributed by atoms with Gasteiger partial charge in [-0.2, -0.15) is 0 Å². The summed E-state index contributed by atoms with van der Waals surface area (Å²) in [7, 11) is 0. The minimum Gasteiger partial charge on any atom is -0.460 e. The van der Waals surface area contributed by atoms with Gasteiger partial charge in [-0.05, 0) is 30.0 Å². The van der Waals surface area contributed by atoms with Gasteiger partial charge in [0.25, 0.3) is 0 Å². The van der Waals surface area contributed by atoms with E-state index in [0.29, 0.717) is 6.04 Å². The molecule has 19 heavy (non-hydrogen) atoms. The minimum absolute atomic E-state index is 0.410. The van der Waals surface area contributed by atoms with Crippen LogP contribution in [-0.4, -0.2) is 0 Å².